The highest BCUT2D eigenvalue weighted by Gasteiger charge is 2.17. The van der Waals surface area contributed by atoms with E-state index < -0.39 is 0 Å². The fourth-order valence-electron chi connectivity index (χ4n) is 3.80. The Morgan fingerprint density at radius 3 is 2.31 bits per heavy atom. The van der Waals surface area contributed by atoms with E-state index in [1.165, 1.54) is 11.8 Å². The van der Waals surface area contributed by atoms with Crippen molar-refractivity contribution in [3.05, 3.63) is 126 Å². The summed E-state index contributed by atoms with van der Waals surface area (Å²) in [6.45, 7) is 2.55. The number of thioether (sulfide) groups is 1. The van der Waals surface area contributed by atoms with Crippen molar-refractivity contribution in [2.24, 2.45) is 5.10 Å². The smallest absolute Gasteiger partial charge is 0.250 e. The fourth-order valence-corrected chi connectivity index (χ4v) is 4.54. The molecule has 1 amide bonds. The lowest BCUT2D eigenvalue weighted by Crippen LogP contribution is -2.20. The van der Waals surface area contributed by atoms with Crippen LogP contribution in [0.1, 0.15) is 16.7 Å². The van der Waals surface area contributed by atoms with E-state index in [4.69, 9.17) is 4.74 Å². The van der Waals surface area contributed by atoms with Crippen molar-refractivity contribution < 1.29 is 9.53 Å². The highest BCUT2D eigenvalue weighted by atomic mass is 32.2. The van der Waals surface area contributed by atoms with Crippen molar-refractivity contribution in [1.29, 1.82) is 0 Å². The second-order valence-electron chi connectivity index (χ2n) is 8.77. The molecule has 0 atom stereocenters. The van der Waals surface area contributed by atoms with Gasteiger partial charge in [-0.1, -0.05) is 90.1 Å². The molecule has 0 bridgehead atoms. The number of carbonyl (C=O) groups excluding carboxylic acids is 1. The second kappa shape index (κ2) is 12.7. The number of nitrogens with zero attached hydrogens (tertiary/aromatic N) is 4. The van der Waals surface area contributed by atoms with Crippen LogP contribution in [-0.2, 0) is 11.4 Å². The van der Waals surface area contributed by atoms with Crippen LogP contribution in [0, 0.1) is 6.92 Å². The first-order valence-corrected chi connectivity index (χ1v) is 13.4. The second-order valence-corrected chi connectivity index (χ2v) is 9.71. The van der Waals surface area contributed by atoms with Crippen LogP contribution in [0.5, 0.6) is 5.75 Å². The van der Waals surface area contributed by atoms with Gasteiger partial charge in [0.15, 0.2) is 11.0 Å². The maximum absolute atomic E-state index is 12.5. The summed E-state index contributed by atoms with van der Waals surface area (Å²) >= 11 is 1.31. The standard InChI is InChI=1S/C31H27N5O2S/c1-23-12-16-27(17-13-23)36-30(26-10-6-3-7-11-26)34-35-31(36)39-22-29(37)33-32-20-24-14-18-28(19-15-24)38-21-25-8-4-2-5-9-25/h2-20H,21-22H2,1H3,(H,33,37). The van der Waals surface area contributed by atoms with Gasteiger partial charge in [0.05, 0.1) is 12.0 Å². The zero-order valence-electron chi connectivity index (χ0n) is 21.4. The van der Waals surface area contributed by atoms with Gasteiger partial charge in [0.2, 0.25) is 0 Å². The molecule has 5 rings (SSSR count). The zero-order chi connectivity index (χ0) is 26.9. The van der Waals surface area contributed by atoms with Crippen LogP contribution in [0.2, 0.25) is 0 Å². The lowest BCUT2D eigenvalue weighted by Gasteiger charge is -2.10. The molecule has 1 N–H and O–H groups in total. The van der Waals surface area contributed by atoms with Gasteiger partial charge in [0, 0.05) is 11.3 Å². The van der Waals surface area contributed by atoms with Gasteiger partial charge in [0.25, 0.3) is 5.91 Å². The summed E-state index contributed by atoms with van der Waals surface area (Å²) in [5.74, 6) is 1.39. The molecule has 8 heteroatoms. The van der Waals surface area contributed by atoms with E-state index in [-0.39, 0.29) is 11.7 Å². The molecular weight excluding hydrogens is 506 g/mol. The molecule has 194 valence electrons. The van der Waals surface area contributed by atoms with Crippen LogP contribution < -0.4 is 10.2 Å². The van der Waals surface area contributed by atoms with Gasteiger partial charge < -0.3 is 4.74 Å². The molecule has 0 radical (unpaired) electrons. The van der Waals surface area contributed by atoms with E-state index in [1.54, 1.807) is 6.21 Å². The number of ether oxygens (including phenoxy) is 1. The van der Waals surface area contributed by atoms with Crippen molar-refractivity contribution in [3.8, 4) is 22.8 Å². The van der Waals surface area contributed by atoms with E-state index in [9.17, 15) is 4.79 Å². The maximum atomic E-state index is 12.5. The lowest BCUT2D eigenvalue weighted by atomic mass is 10.2. The van der Waals surface area contributed by atoms with Gasteiger partial charge in [-0.25, -0.2) is 5.43 Å². The Bertz CT molecular complexity index is 1530. The van der Waals surface area contributed by atoms with Gasteiger partial charge in [0.1, 0.15) is 12.4 Å². The van der Waals surface area contributed by atoms with Crippen LogP contribution in [0.15, 0.2) is 119 Å². The summed E-state index contributed by atoms with van der Waals surface area (Å²) in [4.78, 5) is 12.5. The number of nitrogens with one attached hydrogen (secondary N) is 1. The minimum absolute atomic E-state index is 0.141. The van der Waals surface area contributed by atoms with Gasteiger partial charge in [-0.05, 0) is 54.4 Å². The highest BCUT2D eigenvalue weighted by molar-refractivity contribution is 7.99. The Morgan fingerprint density at radius 1 is 0.897 bits per heavy atom. The molecule has 1 heterocycles. The van der Waals surface area contributed by atoms with E-state index in [1.807, 2.05) is 121 Å². The van der Waals surface area contributed by atoms with Gasteiger partial charge in [-0.2, -0.15) is 5.10 Å². The number of hydrogen-bond acceptors (Lipinski definition) is 6. The first-order valence-electron chi connectivity index (χ1n) is 12.4. The molecule has 0 aliphatic carbocycles. The van der Waals surface area contributed by atoms with Crippen LogP contribution in [0.4, 0.5) is 0 Å². The van der Waals surface area contributed by atoms with Crippen LogP contribution in [0.25, 0.3) is 17.1 Å². The predicted octanol–water partition coefficient (Wildman–Crippen LogP) is 6.06. The summed E-state index contributed by atoms with van der Waals surface area (Å²) in [6.07, 6.45) is 1.60. The molecular formula is C31H27N5O2S. The minimum atomic E-state index is -0.237. The third kappa shape index (κ3) is 7.00. The molecule has 0 saturated carbocycles. The van der Waals surface area contributed by atoms with Crippen molar-refractivity contribution in [3.63, 3.8) is 0 Å². The Kier molecular flexibility index (Phi) is 8.45. The molecule has 5 aromatic rings. The summed E-state index contributed by atoms with van der Waals surface area (Å²) in [5.41, 5.74) is 7.59. The quantitative estimate of drug-likeness (QED) is 0.134. The molecule has 0 saturated heterocycles. The summed E-state index contributed by atoms with van der Waals surface area (Å²) < 4.78 is 7.78. The van der Waals surface area contributed by atoms with Crippen molar-refractivity contribution in [2.45, 2.75) is 18.7 Å². The van der Waals surface area contributed by atoms with E-state index in [2.05, 4.69) is 20.7 Å². The summed E-state index contributed by atoms with van der Waals surface area (Å²) in [6, 6.07) is 35.6. The lowest BCUT2D eigenvalue weighted by molar-refractivity contribution is -0.118. The Hall–Kier alpha value is -4.69. The highest BCUT2D eigenvalue weighted by Crippen LogP contribution is 2.28. The Balaban J connectivity index is 1.18. The molecule has 7 nitrogen and oxygen atoms in total. The van der Waals surface area contributed by atoms with Crippen molar-refractivity contribution in [2.75, 3.05) is 5.75 Å². The number of carbonyl (C=O) groups is 1. The molecule has 4 aromatic carbocycles. The van der Waals surface area contributed by atoms with Gasteiger partial charge >= 0.3 is 0 Å². The van der Waals surface area contributed by atoms with E-state index in [0.717, 1.165) is 39.5 Å². The number of aromatic nitrogens is 3. The SMILES string of the molecule is Cc1ccc(-n2c(SCC(=O)NN=Cc3ccc(OCc4ccccc4)cc3)nnc2-c2ccccc2)cc1. The van der Waals surface area contributed by atoms with Crippen LogP contribution in [0.3, 0.4) is 0 Å². The van der Waals surface area contributed by atoms with Crippen LogP contribution in [-0.4, -0.2) is 32.6 Å². The average molecular weight is 534 g/mol. The topological polar surface area (TPSA) is 81.4 Å². The molecule has 0 unspecified atom stereocenters. The fraction of sp³-hybridized carbons (Fsp3) is 0.0968. The molecule has 0 fully saturated rings. The summed E-state index contributed by atoms with van der Waals surface area (Å²) in [7, 11) is 0. The third-order valence-electron chi connectivity index (χ3n) is 5.82. The minimum Gasteiger partial charge on any atom is -0.489 e. The van der Waals surface area contributed by atoms with Crippen LogP contribution >= 0.6 is 11.8 Å². The number of hydrazone groups is 1. The monoisotopic (exact) mass is 533 g/mol. The molecule has 0 aliphatic rings. The first kappa shape index (κ1) is 25.9. The number of hydrogen-bond donors (Lipinski definition) is 1. The first-order chi connectivity index (χ1) is 19.2. The van der Waals surface area contributed by atoms with Crippen molar-refractivity contribution >= 4 is 23.9 Å². The molecule has 39 heavy (non-hydrogen) atoms. The van der Waals surface area contributed by atoms with Gasteiger partial charge in [-0.3, -0.25) is 9.36 Å². The number of rotatable bonds is 10. The predicted molar refractivity (Wildman–Crippen MR) is 155 cm³/mol. The summed E-state index contributed by atoms with van der Waals surface area (Å²) in [5, 5.41) is 13.5. The number of aryl methyl sites for hydroxylation is 1. The molecule has 0 spiro atoms. The van der Waals surface area contributed by atoms with Gasteiger partial charge in [-0.15, -0.1) is 10.2 Å². The third-order valence-corrected chi connectivity index (χ3v) is 6.75. The Morgan fingerprint density at radius 2 is 1.59 bits per heavy atom. The molecule has 1 aromatic heterocycles. The van der Waals surface area contributed by atoms with E-state index >= 15 is 0 Å². The zero-order valence-corrected chi connectivity index (χ0v) is 22.2. The van der Waals surface area contributed by atoms with E-state index in [0.29, 0.717) is 11.8 Å². The van der Waals surface area contributed by atoms with Crippen molar-refractivity contribution in [1.82, 2.24) is 20.2 Å². The number of benzene rings is 4. The largest absolute Gasteiger partial charge is 0.489 e. The Labute approximate surface area is 231 Å². The number of amides is 1. The normalized spacial score (nSPS) is 11.0. The molecule has 0 aliphatic heterocycles. The average Bonchev–Trinajstić information content (AvgIpc) is 3.41. The maximum Gasteiger partial charge on any atom is 0.250 e.